The van der Waals surface area contributed by atoms with Crippen molar-refractivity contribution in [2.75, 3.05) is 0 Å². The van der Waals surface area contributed by atoms with Gasteiger partial charge in [-0.05, 0) is 56.9 Å². The Hall–Kier alpha value is -1.51. The molecule has 0 heterocycles. The number of nitrogens with one attached hydrogen (secondary N) is 1. The van der Waals surface area contributed by atoms with Crippen LogP contribution in [0.25, 0.3) is 0 Å². The van der Waals surface area contributed by atoms with Crippen molar-refractivity contribution in [2.24, 2.45) is 0 Å². The highest BCUT2D eigenvalue weighted by atomic mass is 16.5. The van der Waals surface area contributed by atoms with Crippen LogP contribution in [0.4, 0.5) is 0 Å². The Bertz CT molecular complexity index is 444. The van der Waals surface area contributed by atoms with Crippen LogP contribution in [0, 0.1) is 13.8 Å². The van der Waals surface area contributed by atoms with Crippen LogP contribution in [-0.4, -0.2) is 18.1 Å². The average molecular weight is 275 g/mol. The van der Waals surface area contributed by atoms with Gasteiger partial charge in [0.05, 0.1) is 0 Å². The summed E-state index contributed by atoms with van der Waals surface area (Å²) in [5.74, 6) is 0.768. The maximum absolute atomic E-state index is 12.1. The van der Waals surface area contributed by atoms with E-state index in [9.17, 15) is 4.79 Å². The van der Waals surface area contributed by atoms with Gasteiger partial charge in [0.25, 0.3) is 5.91 Å². The molecule has 0 aliphatic heterocycles. The predicted octanol–water partition coefficient (Wildman–Crippen LogP) is 3.52. The second kappa shape index (κ2) is 6.78. The first-order valence-corrected chi connectivity index (χ1v) is 7.60. The SMILES string of the molecule is Cc1cc(C)cc(OC(C)C(=O)NC2CCCCC2)c1. The number of hydrogen-bond acceptors (Lipinski definition) is 2. The van der Waals surface area contributed by atoms with Gasteiger partial charge in [0.2, 0.25) is 0 Å². The Kier molecular flexibility index (Phi) is 5.05. The lowest BCUT2D eigenvalue weighted by Gasteiger charge is -2.24. The number of carbonyl (C=O) groups excluding carboxylic acids is 1. The van der Waals surface area contributed by atoms with E-state index in [-0.39, 0.29) is 5.91 Å². The molecule has 1 aliphatic rings. The highest BCUT2D eigenvalue weighted by Gasteiger charge is 2.20. The van der Waals surface area contributed by atoms with Crippen LogP contribution in [-0.2, 0) is 4.79 Å². The summed E-state index contributed by atoms with van der Waals surface area (Å²) in [7, 11) is 0. The Labute approximate surface area is 121 Å². The monoisotopic (exact) mass is 275 g/mol. The molecule has 2 rings (SSSR count). The highest BCUT2D eigenvalue weighted by molar-refractivity contribution is 5.81. The third kappa shape index (κ3) is 4.26. The van der Waals surface area contributed by atoms with Crippen molar-refractivity contribution in [3.05, 3.63) is 29.3 Å². The van der Waals surface area contributed by atoms with Gasteiger partial charge in [0.15, 0.2) is 6.10 Å². The number of ether oxygens (including phenoxy) is 1. The maximum Gasteiger partial charge on any atom is 0.260 e. The van der Waals surface area contributed by atoms with Gasteiger partial charge in [-0.2, -0.15) is 0 Å². The van der Waals surface area contributed by atoms with Crippen LogP contribution in [0.5, 0.6) is 5.75 Å². The Morgan fingerprint density at radius 1 is 1.15 bits per heavy atom. The molecule has 20 heavy (non-hydrogen) atoms. The summed E-state index contributed by atoms with van der Waals surface area (Å²) < 4.78 is 5.77. The van der Waals surface area contributed by atoms with E-state index in [1.54, 1.807) is 0 Å². The van der Waals surface area contributed by atoms with Gasteiger partial charge < -0.3 is 10.1 Å². The number of aryl methyl sites for hydroxylation is 2. The molecule has 110 valence electrons. The minimum Gasteiger partial charge on any atom is -0.481 e. The van der Waals surface area contributed by atoms with Crippen LogP contribution in [0.1, 0.15) is 50.2 Å². The lowest BCUT2D eigenvalue weighted by atomic mass is 9.95. The smallest absolute Gasteiger partial charge is 0.260 e. The molecule has 1 N–H and O–H groups in total. The van der Waals surface area contributed by atoms with Gasteiger partial charge in [-0.15, -0.1) is 0 Å². The topological polar surface area (TPSA) is 38.3 Å². The van der Waals surface area contributed by atoms with Gasteiger partial charge in [-0.1, -0.05) is 25.3 Å². The largest absolute Gasteiger partial charge is 0.481 e. The molecule has 1 atom stereocenters. The minimum atomic E-state index is -0.446. The summed E-state index contributed by atoms with van der Waals surface area (Å²) in [6.45, 7) is 5.88. The quantitative estimate of drug-likeness (QED) is 0.913. The Morgan fingerprint density at radius 3 is 2.35 bits per heavy atom. The molecule has 3 heteroatoms. The lowest BCUT2D eigenvalue weighted by molar-refractivity contribution is -0.128. The van der Waals surface area contributed by atoms with E-state index in [0.717, 1.165) is 29.7 Å². The second-order valence-electron chi connectivity index (χ2n) is 5.93. The molecule has 1 aliphatic carbocycles. The van der Waals surface area contributed by atoms with E-state index >= 15 is 0 Å². The fourth-order valence-corrected chi connectivity index (χ4v) is 2.82. The van der Waals surface area contributed by atoms with E-state index in [0.29, 0.717) is 6.04 Å². The summed E-state index contributed by atoms with van der Waals surface area (Å²) in [6.07, 6.45) is 5.48. The number of amides is 1. The molecule has 1 unspecified atom stereocenters. The molecule has 1 aromatic carbocycles. The number of hydrogen-bond donors (Lipinski definition) is 1. The van der Waals surface area contributed by atoms with Gasteiger partial charge in [-0.25, -0.2) is 0 Å². The van der Waals surface area contributed by atoms with Crippen molar-refractivity contribution in [2.45, 2.75) is 65.0 Å². The van der Waals surface area contributed by atoms with Crippen molar-refractivity contribution in [1.82, 2.24) is 5.32 Å². The molecular formula is C17H25NO2. The van der Waals surface area contributed by atoms with E-state index in [2.05, 4.69) is 11.4 Å². The van der Waals surface area contributed by atoms with Crippen molar-refractivity contribution in [3.8, 4) is 5.75 Å². The first kappa shape index (κ1) is 14.9. The second-order valence-corrected chi connectivity index (χ2v) is 5.93. The summed E-state index contributed by atoms with van der Waals surface area (Å²) in [4.78, 5) is 12.1. The van der Waals surface area contributed by atoms with Crippen molar-refractivity contribution in [1.29, 1.82) is 0 Å². The number of carbonyl (C=O) groups is 1. The Morgan fingerprint density at radius 2 is 1.75 bits per heavy atom. The molecule has 1 saturated carbocycles. The predicted molar refractivity (Wildman–Crippen MR) is 81.0 cm³/mol. The zero-order valence-electron chi connectivity index (χ0n) is 12.7. The van der Waals surface area contributed by atoms with Gasteiger partial charge in [-0.3, -0.25) is 4.79 Å². The van der Waals surface area contributed by atoms with Crippen LogP contribution < -0.4 is 10.1 Å². The molecule has 0 spiro atoms. The lowest BCUT2D eigenvalue weighted by Crippen LogP contribution is -2.43. The zero-order chi connectivity index (χ0) is 14.5. The van der Waals surface area contributed by atoms with Crippen LogP contribution in [0.15, 0.2) is 18.2 Å². The average Bonchev–Trinajstić information content (AvgIpc) is 2.38. The number of rotatable bonds is 4. The first-order valence-electron chi connectivity index (χ1n) is 7.60. The molecule has 1 amide bonds. The van der Waals surface area contributed by atoms with Crippen molar-refractivity contribution >= 4 is 5.91 Å². The van der Waals surface area contributed by atoms with Crippen LogP contribution >= 0.6 is 0 Å². The fourth-order valence-electron chi connectivity index (χ4n) is 2.82. The molecular weight excluding hydrogens is 250 g/mol. The molecule has 1 aromatic rings. The third-order valence-electron chi connectivity index (χ3n) is 3.83. The van der Waals surface area contributed by atoms with E-state index < -0.39 is 6.10 Å². The third-order valence-corrected chi connectivity index (χ3v) is 3.83. The summed E-state index contributed by atoms with van der Waals surface area (Å²) in [6, 6.07) is 6.37. The van der Waals surface area contributed by atoms with Crippen LogP contribution in [0.2, 0.25) is 0 Å². The van der Waals surface area contributed by atoms with E-state index in [1.807, 2.05) is 32.9 Å². The van der Waals surface area contributed by atoms with Gasteiger partial charge in [0, 0.05) is 6.04 Å². The van der Waals surface area contributed by atoms with E-state index in [1.165, 1.54) is 19.3 Å². The maximum atomic E-state index is 12.1. The number of benzene rings is 1. The molecule has 0 radical (unpaired) electrons. The zero-order valence-corrected chi connectivity index (χ0v) is 12.7. The normalized spacial score (nSPS) is 17.6. The molecule has 1 fully saturated rings. The van der Waals surface area contributed by atoms with Gasteiger partial charge >= 0.3 is 0 Å². The van der Waals surface area contributed by atoms with E-state index in [4.69, 9.17) is 4.74 Å². The van der Waals surface area contributed by atoms with Crippen molar-refractivity contribution < 1.29 is 9.53 Å². The summed E-state index contributed by atoms with van der Waals surface area (Å²) in [5, 5.41) is 3.10. The summed E-state index contributed by atoms with van der Waals surface area (Å²) in [5.41, 5.74) is 2.31. The molecule has 0 aromatic heterocycles. The molecule has 3 nitrogen and oxygen atoms in total. The van der Waals surface area contributed by atoms with Crippen molar-refractivity contribution in [3.63, 3.8) is 0 Å². The van der Waals surface area contributed by atoms with Crippen LogP contribution in [0.3, 0.4) is 0 Å². The van der Waals surface area contributed by atoms with Gasteiger partial charge in [0.1, 0.15) is 5.75 Å². The first-order chi connectivity index (χ1) is 9.54. The minimum absolute atomic E-state index is 0.00365. The molecule has 0 saturated heterocycles. The molecule has 0 bridgehead atoms. The summed E-state index contributed by atoms with van der Waals surface area (Å²) >= 11 is 0. The highest BCUT2D eigenvalue weighted by Crippen LogP contribution is 2.19. The standard InChI is InChI=1S/C17H25NO2/c1-12-9-13(2)11-16(10-12)20-14(3)17(19)18-15-7-5-4-6-8-15/h9-11,14-15H,4-8H2,1-3H3,(H,18,19). The Balaban J connectivity index is 1.89. The fraction of sp³-hybridized carbons (Fsp3) is 0.588.